The molecule has 1 amide bonds. The Bertz CT molecular complexity index is 1220. The third-order valence-electron chi connectivity index (χ3n) is 4.70. The van der Waals surface area contributed by atoms with E-state index >= 15 is 0 Å². The number of aromatic nitrogens is 4. The van der Waals surface area contributed by atoms with Crippen molar-refractivity contribution in [3.63, 3.8) is 0 Å². The normalized spacial score (nSPS) is 11.0. The third kappa shape index (κ3) is 5.33. The van der Waals surface area contributed by atoms with Crippen LogP contribution < -0.4 is 5.32 Å². The number of benzene rings is 2. The molecule has 0 aliphatic heterocycles. The van der Waals surface area contributed by atoms with Crippen molar-refractivity contribution >= 4 is 34.9 Å². The molecule has 32 heavy (non-hydrogen) atoms. The zero-order chi connectivity index (χ0) is 22.5. The number of hydrogen-bond acceptors (Lipinski definition) is 5. The van der Waals surface area contributed by atoms with Gasteiger partial charge in [0.25, 0.3) is 0 Å². The molecule has 0 bridgehead atoms. The number of aryl methyl sites for hydroxylation is 1. The monoisotopic (exact) mass is 473 g/mol. The van der Waals surface area contributed by atoms with E-state index in [9.17, 15) is 9.18 Å². The van der Waals surface area contributed by atoms with Crippen molar-refractivity contribution in [3.05, 3.63) is 82.0 Å². The Balaban J connectivity index is 1.29. The fraction of sp³-hybridized carbons (Fsp3) is 0.182. The van der Waals surface area contributed by atoms with Gasteiger partial charge in [-0.05, 0) is 42.3 Å². The van der Waals surface area contributed by atoms with Gasteiger partial charge in [0.15, 0.2) is 0 Å². The number of amides is 1. The third-order valence-corrected chi connectivity index (χ3v) is 5.56. The van der Waals surface area contributed by atoms with Crippen LogP contribution in [0, 0.1) is 5.82 Å². The summed E-state index contributed by atoms with van der Waals surface area (Å²) in [6, 6.07) is 12.9. The fourth-order valence-corrected chi connectivity index (χ4v) is 3.45. The predicted molar refractivity (Wildman–Crippen MR) is 119 cm³/mol. The van der Waals surface area contributed by atoms with Crippen LogP contribution in [-0.2, 0) is 17.8 Å². The molecular weight excluding hydrogens is 456 g/mol. The molecule has 0 aliphatic rings. The molecule has 4 rings (SSSR count). The van der Waals surface area contributed by atoms with Gasteiger partial charge in [0.1, 0.15) is 11.6 Å². The predicted octanol–water partition coefficient (Wildman–Crippen LogP) is 5.39. The van der Waals surface area contributed by atoms with Gasteiger partial charge in [0.2, 0.25) is 17.6 Å². The van der Waals surface area contributed by atoms with Gasteiger partial charge in [0.05, 0.1) is 22.8 Å². The number of carbonyl (C=O) groups is 1. The molecule has 0 atom stereocenters. The first-order valence-electron chi connectivity index (χ1n) is 9.82. The molecule has 2 heterocycles. The van der Waals surface area contributed by atoms with E-state index in [1.165, 1.54) is 12.1 Å². The van der Waals surface area contributed by atoms with E-state index in [4.69, 9.17) is 27.7 Å². The molecule has 0 spiro atoms. The van der Waals surface area contributed by atoms with E-state index < -0.39 is 0 Å². The topological polar surface area (TPSA) is 85.8 Å². The molecule has 0 radical (unpaired) electrons. The maximum atomic E-state index is 13.0. The van der Waals surface area contributed by atoms with Gasteiger partial charge in [-0.25, -0.2) is 9.07 Å². The highest BCUT2D eigenvalue weighted by Crippen LogP contribution is 2.26. The van der Waals surface area contributed by atoms with Crippen LogP contribution in [0.25, 0.3) is 11.4 Å². The van der Waals surface area contributed by atoms with Crippen LogP contribution in [0.1, 0.15) is 24.3 Å². The smallest absolute Gasteiger partial charge is 0.226 e. The lowest BCUT2D eigenvalue weighted by atomic mass is 10.2. The SMILES string of the molecule is O=C(CCCc1nc(-c2ccc(F)cc2)no1)Nc1ccnn1Cc1cccc(Cl)c1Cl. The summed E-state index contributed by atoms with van der Waals surface area (Å²) in [7, 11) is 0. The summed E-state index contributed by atoms with van der Waals surface area (Å²) in [4.78, 5) is 16.7. The van der Waals surface area contributed by atoms with E-state index in [0.29, 0.717) is 52.5 Å². The number of halogens is 3. The molecule has 0 saturated carbocycles. The lowest BCUT2D eigenvalue weighted by Gasteiger charge is -2.10. The number of hydrogen-bond donors (Lipinski definition) is 1. The molecule has 164 valence electrons. The van der Waals surface area contributed by atoms with Gasteiger partial charge in [0, 0.05) is 24.5 Å². The number of nitrogens with zero attached hydrogens (tertiary/aromatic N) is 4. The van der Waals surface area contributed by atoms with Crippen molar-refractivity contribution in [1.29, 1.82) is 0 Å². The first-order valence-corrected chi connectivity index (χ1v) is 10.6. The van der Waals surface area contributed by atoms with E-state index in [1.54, 1.807) is 35.1 Å². The molecule has 7 nitrogen and oxygen atoms in total. The van der Waals surface area contributed by atoms with Crippen LogP contribution in [0.4, 0.5) is 10.2 Å². The van der Waals surface area contributed by atoms with Crippen LogP contribution in [0.2, 0.25) is 10.0 Å². The zero-order valence-corrected chi connectivity index (χ0v) is 18.3. The Kier molecular flexibility index (Phi) is 6.82. The largest absolute Gasteiger partial charge is 0.339 e. The lowest BCUT2D eigenvalue weighted by Crippen LogP contribution is -2.16. The van der Waals surface area contributed by atoms with Gasteiger partial charge in [-0.1, -0.05) is 40.5 Å². The minimum atomic E-state index is -0.333. The highest BCUT2D eigenvalue weighted by molar-refractivity contribution is 6.42. The van der Waals surface area contributed by atoms with E-state index in [1.807, 2.05) is 12.1 Å². The van der Waals surface area contributed by atoms with Crippen LogP contribution in [0.3, 0.4) is 0 Å². The van der Waals surface area contributed by atoms with Crippen LogP contribution in [0.15, 0.2) is 59.3 Å². The summed E-state index contributed by atoms with van der Waals surface area (Å²) < 4.78 is 19.9. The first kappa shape index (κ1) is 22.0. The van der Waals surface area contributed by atoms with Gasteiger partial charge < -0.3 is 9.84 Å². The van der Waals surface area contributed by atoms with Crippen molar-refractivity contribution < 1.29 is 13.7 Å². The van der Waals surface area contributed by atoms with Gasteiger partial charge in [-0.15, -0.1) is 0 Å². The minimum absolute atomic E-state index is 0.165. The van der Waals surface area contributed by atoms with Crippen molar-refractivity contribution in [2.75, 3.05) is 5.32 Å². The summed E-state index contributed by atoms with van der Waals surface area (Å²) >= 11 is 12.3. The molecule has 0 unspecified atom stereocenters. The molecule has 2 aromatic heterocycles. The Hall–Kier alpha value is -3.23. The highest BCUT2D eigenvalue weighted by Gasteiger charge is 2.12. The van der Waals surface area contributed by atoms with E-state index in [0.717, 1.165) is 5.56 Å². The maximum Gasteiger partial charge on any atom is 0.226 e. The van der Waals surface area contributed by atoms with Crippen LogP contribution in [0.5, 0.6) is 0 Å². The number of anilines is 1. The molecule has 0 fully saturated rings. The highest BCUT2D eigenvalue weighted by atomic mass is 35.5. The molecule has 0 saturated heterocycles. The fourth-order valence-electron chi connectivity index (χ4n) is 3.07. The molecular formula is C22H18Cl2FN5O2. The summed E-state index contributed by atoms with van der Waals surface area (Å²) in [5.74, 6) is 0.857. The molecule has 0 aliphatic carbocycles. The first-order chi connectivity index (χ1) is 15.5. The van der Waals surface area contributed by atoms with Gasteiger partial charge in [-0.2, -0.15) is 10.1 Å². The summed E-state index contributed by atoms with van der Waals surface area (Å²) in [5.41, 5.74) is 1.46. The number of rotatable bonds is 8. The van der Waals surface area contributed by atoms with E-state index in [-0.39, 0.29) is 18.1 Å². The molecule has 10 heteroatoms. The molecule has 1 N–H and O–H groups in total. The average Bonchev–Trinajstić information content (AvgIpc) is 3.42. The Labute approximate surface area is 193 Å². The van der Waals surface area contributed by atoms with Gasteiger partial charge >= 0.3 is 0 Å². The number of nitrogens with one attached hydrogen (secondary N) is 1. The molecule has 2 aromatic carbocycles. The van der Waals surface area contributed by atoms with Crippen LogP contribution in [-0.4, -0.2) is 25.8 Å². The van der Waals surface area contributed by atoms with Gasteiger partial charge in [-0.3, -0.25) is 4.79 Å². The van der Waals surface area contributed by atoms with Crippen molar-refractivity contribution in [2.24, 2.45) is 0 Å². The standard InChI is InChI=1S/C22H18Cl2FN5O2/c23-17-4-1-3-15(21(17)24)13-30-18(11-12-26-30)27-19(31)5-2-6-20-28-22(29-32-20)14-7-9-16(25)10-8-14/h1,3-4,7-12H,2,5-6,13H2,(H,27,31). The minimum Gasteiger partial charge on any atom is -0.339 e. The lowest BCUT2D eigenvalue weighted by molar-refractivity contribution is -0.116. The maximum absolute atomic E-state index is 13.0. The van der Waals surface area contributed by atoms with Crippen molar-refractivity contribution in [3.8, 4) is 11.4 Å². The molecule has 4 aromatic rings. The zero-order valence-electron chi connectivity index (χ0n) is 16.8. The Morgan fingerprint density at radius 1 is 1.12 bits per heavy atom. The second kappa shape index (κ2) is 9.93. The Morgan fingerprint density at radius 2 is 1.94 bits per heavy atom. The Morgan fingerprint density at radius 3 is 2.75 bits per heavy atom. The average molecular weight is 474 g/mol. The summed E-state index contributed by atoms with van der Waals surface area (Å²) in [6.07, 6.45) is 2.82. The summed E-state index contributed by atoms with van der Waals surface area (Å²) in [5, 5.41) is 11.9. The number of carbonyl (C=O) groups excluding carboxylic acids is 1. The van der Waals surface area contributed by atoms with E-state index in [2.05, 4.69) is 20.6 Å². The van der Waals surface area contributed by atoms with Crippen LogP contribution >= 0.6 is 23.2 Å². The second-order valence-electron chi connectivity index (χ2n) is 7.01. The summed E-state index contributed by atoms with van der Waals surface area (Å²) in [6.45, 7) is 0.371. The van der Waals surface area contributed by atoms with Crippen molar-refractivity contribution in [1.82, 2.24) is 19.9 Å². The quantitative estimate of drug-likeness (QED) is 0.370. The second-order valence-corrected chi connectivity index (χ2v) is 7.79. The van der Waals surface area contributed by atoms with Crippen molar-refractivity contribution in [2.45, 2.75) is 25.8 Å².